The Bertz CT molecular complexity index is 1220. The van der Waals surface area contributed by atoms with Crippen molar-refractivity contribution in [1.82, 2.24) is 4.98 Å². The van der Waals surface area contributed by atoms with Crippen LogP contribution < -0.4 is 14.4 Å². The van der Waals surface area contributed by atoms with Crippen LogP contribution in [0.4, 0.5) is 5.13 Å². The molecule has 34 heavy (non-hydrogen) atoms. The van der Waals surface area contributed by atoms with Gasteiger partial charge in [-0.05, 0) is 55.3 Å². The van der Waals surface area contributed by atoms with E-state index in [2.05, 4.69) is 6.92 Å². The van der Waals surface area contributed by atoms with E-state index >= 15 is 0 Å². The van der Waals surface area contributed by atoms with Gasteiger partial charge in [0.25, 0.3) is 5.91 Å². The summed E-state index contributed by atoms with van der Waals surface area (Å²) in [5, 5.41) is 0.659. The number of amides is 1. The average molecular weight is 475 g/mol. The predicted octanol–water partition coefficient (Wildman–Crippen LogP) is 7.11. The number of carbonyl (C=O) groups is 1. The summed E-state index contributed by atoms with van der Waals surface area (Å²) in [6, 6.07) is 23.2. The van der Waals surface area contributed by atoms with Crippen molar-refractivity contribution in [3.05, 3.63) is 83.9 Å². The zero-order valence-corrected chi connectivity index (χ0v) is 20.5. The number of ether oxygens (including phenoxy) is 2. The van der Waals surface area contributed by atoms with Gasteiger partial charge in [0, 0.05) is 5.56 Å². The van der Waals surface area contributed by atoms with Gasteiger partial charge in [0.2, 0.25) is 0 Å². The molecule has 0 unspecified atom stereocenters. The minimum atomic E-state index is -0.105. The second kappa shape index (κ2) is 11.7. The highest BCUT2D eigenvalue weighted by atomic mass is 32.1. The van der Waals surface area contributed by atoms with Crippen molar-refractivity contribution in [3.63, 3.8) is 0 Å². The number of thiazole rings is 1. The topological polar surface area (TPSA) is 51.7 Å². The SMILES string of the molecule is CCCCCOc1cccc(C(=O)N(Cc2ccccc2)c2nc3ccc(OCC)cc3s2)c1. The van der Waals surface area contributed by atoms with Crippen LogP contribution in [0.2, 0.25) is 0 Å². The standard InChI is InChI=1S/C28H30N2O3S/c1-3-5-9-17-33-23-14-10-13-22(18-23)27(31)30(20-21-11-7-6-8-12-21)28-29-25-16-15-24(32-4-2)19-26(25)34-28/h6-8,10-16,18-19H,3-5,9,17,20H2,1-2H3. The van der Waals surface area contributed by atoms with E-state index in [4.69, 9.17) is 14.5 Å². The summed E-state index contributed by atoms with van der Waals surface area (Å²) in [5.74, 6) is 1.42. The second-order valence-electron chi connectivity index (χ2n) is 8.02. The second-order valence-corrected chi connectivity index (χ2v) is 9.03. The lowest BCUT2D eigenvalue weighted by Gasteiger charge is -2.20. The number of aromatic nitrogens is 1. The van der Waals surface area contributed by atoms with E-state index < -0.39 is 0 Å². The lowest BCUT2D eigenvalue weighted by atomic mass is 10.1. The van der Waals surface area contributed by atoms with E-state index in [1.165, 1.54) is 11.3 Å². The van der Waals surface area contributed by atoms with Crippen molar-refractivity contribution in [2.75, 3.05) is 18.1 Å². The molecule has 6 heteroatoms. The van der Waals surface area contributed by atoms with Crippen molar-refractivity contribution in [2.24, 2.45) is 0 Å². The van der Waals surface area contributed by atoms with Crippen LogP contribution >= 0.6 is 11.3 Å². The van der Waals surface area contributed by atoms with Gasteiger partial charge in [0.05, 0.1) is 30.0 Å². The van der Waals surface area contributed by atoms with E-state index in [1.807, 2.05) is 79.7 Å². The minimum absolute atomic E-state index is 0.105. The summed E-state index contributed by atoms with van der Waals surface area (Å²) in [6.45, 7) is 5.82. The maximum absolute atomic E-state index is 13.7. The lowest BCUT2D eigenvalue weighted by Crippen LogP contribution is -2.30. The molecular formula is C28H30N2O3S. The molecule has 0 N–H and O–H groups in total. The lowest BCUT2D eigenvalue weighted by molar-refractivity contribution is 0.0984. The number of fused-ring (bicyclic) bond motifs is 1. The monoisotopic (exact) mass is 474 g/mol. The molecule has 176 valence electrons. The van der Waals surface area contributed by atoms with Gasteiger partial charge in [0.1, 0.15) is 11.5 Å². The van der Waals surface area contributed by atoms with Gasteiger partial charge in [-0.2, -0.15) is 0 Å². The Balaban J connectivity index is 1.64. The molecular weight excluding hydrogens is 444 g/mol. The largest absolute Gasteiger partial charge is 0.494 e. The maximum Gasteiger partial charge on any atom is 0.260 e. The van der Waals surface area contributed by atoms with Gasteiger partial charge >= 0.3 is 0 Å². The first kappa shape index (κ1) is 23.8. The third kappa shape index (κ3) is 5.94. The third-order valence-electron chi connectivity index (χ3n) is 5.42. The highest BCUT2D eigenvalue weighted by molar-refractivity contribution is 7.22. The van der Waals surface area contributed by atoms with E-state index in [9.17, 15) is 4.79 Å². The Hall–Kier alpha value is -3.38. The summed E-state index contributed by atoms with van der Waals surface area (Å²) in [4.78, 5) is 20.3. The van der Waals surface area contributed by atoms with Crippen LogP contribution in [0.5, 0.6) is 11.5 Å². The molecule has 0 bridgehead atoms. The van der Waals surface area contributed by atoms with Crippen molar-refractivity contribution in [1.29, 1.82) is 0 Å². The normalized spacial score (nSPS) is 10.9. The summed E-state index contributed by atoms with van der Waals surface area (Å²) < 4.78 is 12.5. The zero-order valence-electron chi connectivity index (χ0n) is 19.7. The first-order valence-corrected chi connectivity index (χ1v) is 12.6. The first-order valence-electron chi connectivity index (χ1n) is 11.8. The number of unbranched alkanes of at least 4 members (excludes halogenated alkanes) is 2. The molecule has 0 atom stereocenters. The van der Waals surface area contributed by atoms with Gasteiger partial charge in [-0.15, -0.1) is 0 Å². The fraction of sp³-hybridized carbons (Fsp3) is 0.286. The third-order valence-corrected chi connectivity index (χ3v) is 6.46. The van der Waals surface area contributed by atoms with Crippen molar-refractivity contribution in [2.45, 2.75) is 39.7 Å². The molecule has 0 saturated carbocycles. The van der Waals surface area contributed by atoms with Crippen LogP contribution in [0.3, 0.4) is 0 Å². The van der Waals surface area contributed by atoms with Crippen molar-refractivity contribution < 1.29 is 14.3 Å². The Morgan fingerprint density at radius 1 is 0.912 bits per heavy atom. The van der Waals surface area contributed by atoms with Gasteiger partial charge in [-0.1, -0.05) is 67.5 Å². The van der Waals surface area contributed by atoms with Gasteiger partial charge in [-0.25, -0.2) is 4.98 Å². The summed E-state index contributed by atoms with van der Waals surface area (Å²) in [6.07, 6.45) is 3.28. The number of carbonyl (C=O) groups excluding carboxylic acids is 1. The maximum atomic E-state index is 13.7. The molecule has 3 aromatic carbocycles. The summed E-state index contributed by atoms with van der Waals surface area (Å²) >= 11 is 1.49. The smallest absolute Gasteiger partial charge is 0.260 e. The molecule has 0 aliphatic carbocycles. The predicted molar refractivity (Wildman–Crippen MR) is 139 cm³/mol. The van der Waals surface area contributed by atoms with Crippen molar-refractivity contribution >= 4 is 32.6 Å². The molecule has 0 fully saturated rings. The van der Waals surface area contributed by atoms with Crippen LogP contribution in [-0.4, -0.2) is 24.1 Å². The van der Waals surface area contributed by atoms with E-state index in [0.29, 0.717) is 36.2 Å². The first-order chi connectivity index (χ1) is 16.7. The number of anilines is 1. The highest BCUT2D eigenvalue weighted by Crippen LogP contribution is 2.33. The van der Waals surface area contributed by atoms with Gasteiger partial charge in [-0.3, -0.25) is 9.69 Å². The van der Waals surface area contributed by atoms with Crippen LogP contribution in [0, 0.1) is 0 Å². The molecule has 0 spiro atoms. The van der Waals surface area contributed by atoms with E-state index in [-0.39, 0.29) is 5.91 Å². The van der Waals surface area contributed by atoms with Crippen molar-refractivity contribution in [3.8, 4) is 11.5 Å². The molecule has 1 amide bonds. The van der Waals surface area contributed by atoms with E-state index in [0.717, 1.165) is 40.8 Å². The van der Waals surface area contributed by atoms with Crippen LogP contribution in [0.1, 0.15) is 49.0 Å². The molecule has 5 nitrogen and oxygen atoms in total. The molecule has 1 heterocycles. The molecule has 0 saturated heterocycles. The van der Waals surface area contributed by atoms with Crippen LogP contribution in [0.25, 0.3) is 10.2 Å². The highest BCUT2D eigenvalue weighted by Gasteiger charge is 2.22. The quantitative estimate of drug-likeness (QED) is 0.217. The van der Waals surface area contributed by atoms with Gasteiger partial charge < -0.3 is 9.47 Å². The summed E-state index contributed by atoms with van der Waals surface area (Å²) in [5.41, 5.74) is 2.47. The molecule has 0 radical (unpaired) electrons. The summed E-state index contributed by atoms with van der Waals surface area (Å²) in [7, 11) is 0. The number of hydrogen-bond donors (Lipinski definition) is 0. The number of nitrogens with zero attached hydrogens (tertiary/aromatic N) is 2. The number of benzene rings is 3. The number of hydrogen-bond acceptors (Lipinski definition) is 5. The average Bonchev–Trinajstić information content (AvgIpc) is 3.29. The Labute approximate surface area is 205 Å². The molecule has 0 aliphatic heterocycles. The molecule has 0 aliphatic rings. The molecule has 1 aromatic heterocycles. The zero-order chi connectivity index (χ0) is 23.8. The fourth-order valence-electron chi connectivity index (χ4n) is 3.67. The Kier molecular flexibility index (Phi) is 8.15. The fourth-order valence-corrected chi connectivity index (χ4v) is 4.67. The van der Waals surface area contributed by atoms with Crippen LogP contribution in [-0.2, 0) is 6.54 Å². The Morgan fingerprint density at radius 3 is 2.53 bits per heavy atom. The van der Waals surface area contributed by atoms with Crippen LogP contribution in [0.15, 0.2) is 72.8 Å². The molecule has 4 rings (SSSR count). The minimum Gasteiger partial charge on any atom is -0.494 e. The van der Waals surface area contributed by atoms with Gasteiger partial charge in [0.15, 0.2) is 5.13 Å². The number of rotatable bonds is 11. The molecule has 4 aromatic rings. The Morgan fingerprint density at radius 2 is 1.74 bits per heavy atom. The van der Waals surface area contributed by atoms with E-state index in [1.54, 1.807) is 4.90 Å².